The van der Waals surface area contributed by atoms with E-state index in [2.05, 4.69) is 29.4 Å². The highest BCUT2D eigenvalue weighted by Crippen LogP contribution is 2.26. The van der Waals surface area contributed by atoms with Crippen LogP contribution >= 0.6 is 11.3 Å². The van der Waals surface area contributed by atoms with Crippen LogP contribution in [-0.4, -0.2) is 15.8 Å². The van der Waals surface area contributed by atoms with Crippen LogP contribution in [0.3, 0.4) is 0 Å². The predicted octanol–water partition coefficient (Wildman–Crippen LogP) is 4.46. The minimum Gasteiger partial charge on any atom is -0.302 e. The van der Waals surface area contributed by atoms with Gasteiger partial charge in [0.1, 0.15) is 0 Å². The zero-order valence-electron chi connectivity index (χ0n) is 14.1. The van der Waals surface area contributed by atoms with Gasteiger partial charge in [0.2, 0.25) is 5.91 Å². The number of carbonyl (C=O) groups excluding carboxylic acids is 1. The second-order valence-corrected chi connectivity index (χ2v) is 6.56. The van der Waals surface area contributed by atoms with Crippen molar-refractivity contribution in [1.82, 2.24) is 4.98 Å². The van der Waals surface area contributed by atoms with Gasteiger partial charge in [-0.05, 0) is 12.0 Å². The van der Waals surface area contributed by atoms with E-state index in [1.54, 1.807) is 18.2 Å². The van der Waals surface area contributed by atoms with Crippen molar-refractivity contribution in [3.05, 3.63) is 75.2 Å². The zero-order valence-corrected chi connectivity index (χ0v) is 15.0. The summed E-state index contributed by atoms with van der Waals surface area (Å²) in [5, 5.41) is 16.1. The average molecular weight is 367 g/mol. The highest BCUT2D eigenvalue weighted by Gasteiger charge is 2.16. The summed E-state index contributed by atoms with van der Waals surface area (Å²) < 4.78 is 0. The number of para-hydroxylation sites is 1. The normalized spacial score (nSPS) is 10.5. The highest BCUT2D eigenvalue weighted by molar-refractivity contribution is 7.14. The van der Waals surface area contributed by atoms with Gasteiger partial charge in [-0.15, -0.1) is 11.3 Å². The number of nitrogens with zero attached hydrogens (tertiary/aromatic N) is 2. The van der Waals surface area contributed by atoms with Crippen molar-refractivity contribution in [2.75, 3.05) is 5.32 Å². The molecular weight excluding hydrogens is 350 g/mol. The van der Waals surface area contributed by atoms with Gasteiger partial charge < -0.3 is 5.32 Å². The summed E-state index contributed by atoms with van der Waals surface area (Å²) in [5.74, 6) is -0.332. The van der Waals surface area contributed by atoms with Crippen LogP contribution in [0.5, 0.6) is 0 Å². The van der Waals surface area contributed by atoms with Gasteiger partial charge in [0.25, 0.3) is 5.69 Å². The lowest BCUT2D eigenvalue weighted by Gasteiger charge is -2.03. The molecular formula is C19H17N3O3S. The topological polar surface area (TPSA) is 85.1 Å². The summed E-state index contributed by atoms with van der Waals surface area (Å²) in [5.41, 5.74) is 3.35. The van der Waals surface area contributed by atoms with Gasteiger partial charge in [-0.1, -0.05) is 49.4 Å². The Hall–Kier alpha value is -3.06. The number of hydrogen-bond acceptors (Lipinski definition) is 5. The number of amides is 1. The molecule has 0 radical (unpaired) electrons. The molecule has 1 heterocycles. The fourth-order valence-corrected chi connectivity index (χ4v) is 3.29. The molecule has 0 saturated carbocycles. The van der Waals surface area contributed by atoms with Crippen LogP contribution in [0.4, 0.5) is 10.8 Å². The van der Waals surface area contributed by atoms with Gasteiger partial charge in [-0.2, -0.15) is 0 Å². The molecule has 0 atom stereocenters. The first kappa shape index (κ1) is 17.8. The van der Waals surface area contributed by atoms with Crippen molar-refractivity contribution in [2.24, 2.45) is 0 Å². The number of benzene rings is 2. The number of nitrogens with one attached hydrogen (secondary N) is 1. The van der Waals surface area contributed by atoms with E-state index in [0.29, 0.717) is 10.7 Å². The molecule has 6 nitrogen and oxygen atoms in total. The van der Waals surface area contributed by atoms with Gasteiger partial charge in [0, 0.05) is 22.6 Å². The summed E-state index contributed by atoms with van der Waals surface area (Å²) in [6, 6.07) is 14.4. The fourth-order valence-electron chi connectivity index (χ4n) is 2.55. The maximum absolute atomic E-state index is 12.2. The van der Waals surface area contributed by atoms with Crippen LogP contribution in [0.1, 0.15) is 18.1 Å². The molecule has 0 saturated heterocycles. The Kier molecular flexibility index (Phi) is 5.38. The lowest BCUT2D eigenvalue weighted by Crippen LogP contribution is -2.15. The van der Waals surface area contributed by atoms with Crippen LogP contribution in [0.2, 0.25) is 0 Å². The Labute approximate surface area is 154 Å². The molecule has 0 bridgehead atoms. The third kappa shape index (κ3) is 4.12. The molecule has 0 aliphatic carbocycles. The summed E-state index contributed by atoms with van der Waals surface area (Å²) in [7, 11) is 0. The smallest absolute Gasteiger partial charge is 0.273 e. The average Bonchev–Trinajstić information content (AvgIpc) is 3.10. The summed E-state index contributed by atoms with van der Waals surface area (Å²) in [6.45, 7) is 2.10. The van der Waals surface area contributed by atoms with Crippen LogP contribution < -0.4 is 5.32 Å². The van der Waals surface area contributed by atoms with Gasteiger partial charge in [0.15, 0.2) is 5.13 Å². The number of anilines is 1. The maximum atomic E-state index is 12.2. The van der Waals surface area contributed by atoms with Crippen molar-refractivity contribution in [3.8, 4) is 11.3 Å². The molecule has 2 aromatic carbocycles. The number of aromatic nitrogens is 1. The van der Waals surface area contributed by atoms with Crippen LogP contribution in [0, 0.1) is 10.1 Å². The molecule has 1 N–H and O–H groups in total. The zero-order chi connectivity index (χ0) is 18.5. The molecule has 26 heavy (non-hydrogen) atoms. The van der Waals surface area contributed by atoms with Gasteiger partial charge >= 0.3 is 0 Å². The molecule has 7 heteroatoms. The number of hydrogen-bond donors (Lipinski definition) is 1. The number of carbonyl (C=O) groups is 1. The van der Waals surface area contributed by atoms with E-state index >= 15 is 0 Å². The van der Waals surface area contributed by atoms with Crippen molar-refractivity contribution in [1.29, 1.82) is 0 Å². The third-order valence-electron chi connectivity index (χ3n) is 3.95. The number of thiazole rings is 1. The van der Waals surface area contributed by atoms with Gasteiger partial charge in [-0.3, -0.25) is 14.9 Å². The second kappa shape index (κ2) is 7.88. The van der Waals surface area contributed by atoms with Crippen molar-refractivity contribution < 1.29 is 9.72 Å². The van der Waals surface area contributed by atoms with E-state index in [1.807, 2.05) is 17.5 Å². The molecule has 3 rings (SSSR count). The molecule has 1 amide bonds. The quantitative estimate of drug-likeness (QED) is 0.515. The largest absolute Gasteiger partial charge is 0.302 e. The Balaban J connectivity index is 1.69. The molecule has 132 valence electrons. The number of rotatable bonds is 6. The molecule has 1 aromatic heterocycles. The van der Waals surface area contributed by atoms with Crippen molar-refractivity contribution >= 4 is 28.1 Å². The minimum atomic E-state index is -0.482. The number of nitro groups is 1. The summed E-state index contributed by atoms with van der Waals surface area (Å²) in [6.07, 6.45) is 0.904. The summed E-state index contributed by atoms with van der Waals surface area (Å²) in [4.78, 5) is 27.2. The van der Waals surface area contributed by atoms with E-state index in [-0.39, 0.29) is 18.0 Å². The van der Waals surface area contributed by atoms with Crippen molar-refractivity contribution in [2.45, 2.75) is 19.8 Å². The molecule has 0 unspecified atom stereocenters. The highest BCUT2D eigenvalue weighted by atomic mass is 32.1. The third-order valence-corrected chi connectivity index (χ3v) is 4.71. The Morgan fingerprint density at radius 1 is 1.19 bits per heavy atom. The SMILES string of the molecule is CCc1ccc(-c2csc(NC(=O)Cc3ccccc3[N+](=O)[O-])n2)cc1. The first-order valence-corrected chi connectivity index (χ1v) is 9.01. The molecule has 0 fully saturated rings. The van der Waals surface area contributed by atoms with E-state index in [0.717, 1.165) is 17.7 Å². The Morgan fingerprint density at radius 2 is 1.92 bits per heavy atom. The Bertz CT molecular complexity index is 935. The van der Waals surface area contributed by atoms with E-state index in [1.165, 1.54) is 23.0 Å². The molecule has 0 spiro atoms. The molecule has 0 aliphatic rings. The first-order chi connectivity index (χ1) is 12.6. The Morgan fingerprint density at radius 3 is 2.62 bits per heavy atom. The lowest BCUT2D eigenvalue weighted by molar-refractivity contribution is -0.385. The second-order valence-electron chi connectivity index (χ2n) is 5.70. The first-order valence-electron chi connectivity index (χ1n) is 8.14. The predicted molar refractivity (Wildman–Crippen MR) is 102 cm³/mol. The molecule has 3 aromatic rings. The monoisotopic (exact) mass is 367 g/mol. The molecule has 0 aliphatic heterocycles. The standard InChI is InChI=1S/C19H17N3O3S/c1-2-13-7-9-14(10-8-13)16-12-26-19(20-16)21-18(23)11-15-5-3-4-6-17(15)22(24)25/h3-10,12H,2,11H2,1H3,(H,20,21,23). The maximum Gasteiger partial charge on any atom is 0.273 e. The van der Waals surface area contributed by atoms with Crippen LogP contribution in [-0.2, 0) is 17.6 Å². The van der Waals surface area contributed by atoms with Crippen molar-refractivity contribution in [3.63, 3.8) is 0 Å². The van der Waals surface area contributed by atoms with E-state index < -0.39 is 4.92 Å². The van der Waals surface area contributed by atoms with Crippen LogP contribution in [0.25, 0.3) is 11.3 Å². The fraction of sp³-hybridized carbons (Fsp3) is 0.158. The minimum absolute atomic E-state index is 0.0570. The lowest BCUT2D eigenvalue weighted by atomic mass is 10.1. The van der Waals surface area contributed by atoms with Crippen LogP contribution in [0.15, 0.2) is 53.9 Å². The number of nitro benzene ring substituents is 1. The van der Waals surface area contributed by atoms with E-state index in [4.69, 9.17) is 0 Å². The summed E-state index contributed by atoms with van der Waals surface area (Å²) >= 11 is 1.33. The van der Waals surface area contributed by atoms with E-state index in [9.17, 15) is 14.9 Å². The number of aryl methyl sites for hydroxylation is 1. The van der Waals surface area contributed by atoms with Gasteiger partial charge in [-0.25, -0.2) is 4.98 Å². The van der Waals surface area contributed by atoms with Gasteiger partial charge in [0.05, 0.1) is 17.0 Å².